The van der Waals surface area contributed by atoms with Crippen molar-refractivity contribution in [2.45, 2.75) is 26.4 Å². The van der Waals surface area contributed by atoms with Crippen molar-refractivity contribution >= 4 is 17.6 Å². The molecule has 0 unspecified atom stereocenters. The molecule has 0 aliphatic heterocycles. The number of carbonyl (C=O) groups is 2. The molecule has 0 saturated carbocycles. The number of nitrogens with one attached hydrogen (secondary N) is 1. The summed E-state index contributed by atoms with van der Waals surface area (Å²) in [6.45, 7) is 2.68. The average molecular weight is 458 g/mol. The summed E-state index contributed by atoms with van der Waals surface area (Å²) in [5.41, 5.74) is 1.73. The first kappa shape index (κ1) is 23.8. The molecule has 1 amide bonds. The molecule has 33 heavy (non-hydrogen) atoms. The second-order valence-corrected chi connectivity index (χ2v) is 7.04. The summed E-state index contributed by atoms with van der Waals surface area (Å²) in [5, 5.41) is 2.60. The zero-order valence-corrected chi connectivity index (χ0v) is 17.9. The molecule has 3 rings (SSSR count). The maximum absolute atomic E-state index is 12.9. The smallest absolute Gasteiger partial charge is 0.416 e. The fourth-order valence-corrected chi connectivity index (χ4v) is 3.03. The van der Waals surface area contributed by atoms with Crippen molar-refractivity contribution < 1.29 is 32.2 Å². The Labute approximate surface area is 188 Å². The van der Waals surface area contributed by atoms with Gasteiger partial charge in [-0.1, -0.05) is 31.2 Å². The van der Waals surface area contributed by atoms with Gasteiger partial charge < -0.3 is 14.8 Å². The van der Waals surface area contributed by atoms with Gasteiger partial charge in [-0.3, -0.25) is 9.59 Å². The predicted octanol–water partition coefficient (Wildman–Crippen LogP) is 5.62. The molecule has 1 heterocycles. The van der Waals surface area contributed by atoms with Crippen molar-refractivity contribution in [2.24, 2.45) is 0 Å². The Morgan fingerprint density at radius 3 is 2.39 bits per heavy atom. The van der Waals surface area contributed by atoms with Crippen LogP contribution < -0.4 is 10.1 Å². The zero-order valence-electron chi connectivity index (χ0n) is 17.9. The third kappa shape index (κ3) is 6.31. The first-order valence-electron chi connectivity index (χ1n) is 10.0. The van der Waals surface area contributed by atoms with Gasteiger partial charge in [0.1, 0.15) is 0 Å². The summed E-state index contributed by atoms with van der Waals surface area (Å²) in [5.74, 6) is -0.626. The number of esters is 1. The Kier molecular flexibility index (Phi) is 7.32. The van der Waals surface area contributed by atoms with Crippen LogP contribution in [-0.4, -0.2) is 23.5 Å². The Bertz CT molecular complexity index is 1150. The van der Waals surface area contributed by atoms with E-state index >= 15 is 0 Å². The molecule has 1 N–H and O–H groups in total. The summed E-state index contributed by atoms with van der Waals surface area (Å²) in [4.78, 5) is 27.2. The van der Waals surface area contributed by atoms with Gasteiger partial charge in [0.15, 0.2) is 12.4 Å². The van der Waals surface area contributed by atoms with Crippen LogP contribution >= 0.6 is 0 Å². The van der Waals surface area contributed by atoms with E-state index in [1.165, 1.54) is 19.1 Å². The lowest BCUT2D eigenvalue weighted by atomic mass is 9.99. The van der Waals surface area contributed by atoms with Gasteiger partial charge >= 0.3 is 12.1 Å². The number of para-hydroxylation sites is 2. The number of ether oxygens (including phenoxy) is 2. The second-order valence-electron chi connectivity index (χ2n) is 7.04. The number of amides is 1. The zero-order chi connectivity index (χ0) is 24.0. The van der Waals surface area contributed by atoms with Gasteiger partial charge in [-0.2, -0.15) is 13.2 Å². The third-order valence-electron chi connectivity index (χ3n) is 4.65. The molecule has 0 bridgehead atoms. The molecule has 6 nitrogen and oxygen atoms in total. The van der Waals surface area contributed by atoms with Gasteiger partial charge in [0.2, 0.25) is 5.88 Å². The van der Waals surface area contributed by atoms with Crippen LogP contribution in [0.2, 0.25) is 0 Å². The molecule has 0 spiro atoms. The number of anilines is 1. The highest BCUT2D eigenvalue weighted by molar-refractivity contribution is 5.94. The maximum Gasteiger partial charge on any atom is 0.416 e. The number of aryl methyl sites for hydroxylation is 1. The van der Waals surface area contributed by atoms with Gasteiger partial charge in [0, 0.05) is 19.2 Å². The van der Waals surface area contributed by atoms with Gasteiger partial charge in [-0.05, 0) is 47.4 Å². The minimum atomic E-state index is -4.41. The standard InChI is InChI=1S/C24H21F3N2O4/c1-3-16-13-28-23(12-19(16)17-8-10-18(11-9-17)24(25,26)27)33-21-7-5-4-6-20(21)29-22(31)14-32-15(2)30/h4-13H,3,14H2,1-2H3,(H,29,31). The summed E-state index contributed by atoms with van der Waals surface area (Å²) in [6, 6.07) is 13.1. The molecule has 3 aromatic rings. The van der Waals surface area contributed by atoms with E-state index in [1.54, 1.807) is 36.5 Å². The first-order valence-corrected chi connectivity index (χ1v) is 10.0. The van der Waals surface area contributed by atoms with E-state index in [0.29, 0.717) is 29.0 Å². The fourth-order valence-electron chi connectivity index (χ4n) is 3.03. The summed E-state index contributed by atoms with van der Waals surface area (Å²) >= 11 is 0. The van der Waals surface area contributed by atoms with Crippen LogP contribution in [0.25, 0.3) is 11.1 Å². The van der Waals surface area contributed by atoms with Crippen molar-refractivity contribution in [1.29, 1.82) is 0 Å². The van der Waals surface area contributed by atoms with Gasteiger partial charge in [-0.15, -0.1) is 0 Å². The van der Waals surface area contributed by atoms with E-state index in [0.717, 1.165) is 17.7 Å². The number of aromatic nitrogens is 1. The van der Waals surface area contributed by atoms with E-state index in [-0.39, 0.29) is 5.88 Å². The number of hydrogen-bond donors (Lipinski definition) is 1. The van der Waals surface area contributed by atoms with Crippen molar-refractivity contribution in [3.05, 3.63) is 71.9 Å². The molecule has 9 heteroatoms. The van der Waals surface area contributed by atoms with Crippen LogP contribution in [0, 0.1) is 0 Å². The quantitative estimate of drug-likeness (QED) is 0.465. The normalized spacial score (nSPS) is 11.1. The van der Waals surface area contributed by atoms with Gasteiger partial charge in [-0.25, -0.2) is 4.98 Å². The van der Waals surface area contributed by atoms with E-state index in [1.807, 2.05) is 6.92 Å². The largest absolute Gasteiger partial charge is 0.456 e. The van der Waals surface area contributed by atoms with Gasteiger partial charge in [0.25, 0.3) is 5.91 Å². The molecule has 2 aromatic carbocycles. The van der Waals surface area contributed by atoms with Crippen molar-refractivity contribution in [3.8, 4) is 22.8 Å². The summed E-state index contributed by atoms with van der Waals surface area (Å²) in [6.07, 6.45) is -2.20. The molecule has 0 aliphatic rings. The monoisotopic (exact) mass is 458 g/mol. The Morgan fingerprint density at radius 1 is 1.06 bits per heavy atom. The van der Waals surface area contributed by atoms with E-state index in [2.05, 4.69) is 15.0 Å². The number of pyridine rings is 1. The van der Waals surface area contributed by atoms with E-state index < -0.39 is 30.2 Å². The molecule has 172 valence electrons. The van der Waals surface area contributed by atoms with E-state index in [9.17, 15) is 22.8 Å². The summed E-state index contributed by atoms with van der Waals surface area (Å²) in [7, 11) is 0. The highest BCUT2D eigenvalue weighted by atomic mass is 19.4. The van der Waals surface area contributed by atoms with E-state index in [4.69, 9.17) is 4.74 Å². The third-order valence-corrected chi connectivity index (χ3v) is 4.65. The number of alkyl halides is 3. The molecular weight excluding hydrogens is 437 g/mol. The fraction of sp³-hybridized carbons (Fsp3) is 0.208. The van der Waals surface area contributed by atoms with Crippen LogP contribution in [0.1, 0.15) is 25.0 Å². The lowest BCUT2D eigenvalue weighted by molar-refractivity contribution is -0.145. The SMILES string of the molecule is CCc1cnc(Oc2ccccc2NC(=O)COC(C)=O)cc1-c1ccc(C(F)(F)F)cc1. The molecule has 0 radical (unpaired) electrons. The number of carbonyl (C=O) groups excluding carboxylic acids is 2. The number of rotatable bonds is 7. The lowest BCUT2D eigenvalue weighted by Crippen LogP contribution is -2.20. The number of nitrogens with zero attached hydrogens (tertiary/aromatic N) is 1. The van der Waals surface area contributed by atoms with Crippen LogP contribution in [-0.2, 0) is 26.9 Å². The predicted molar refractivity (Wildman–Crippen MR) is 116 cm³/mol. The topological polar surface area (TPSA) is 77.5 Å². The van der Waals surface area contributed by atoms with Crippen LogP contribution in [0.5, 0.6) is 11.6 Å². The van der Waals surface area contributed by atoms with Crippen LogP contribution in [0.4, 0.5) is 18.9 Å². The summed E-state index contributed by atoms with van der Waals surface area (Å²) < 4.78 is 49.3. The molecule has 0 fully saturated rings. The van der Waals surface area contributed by atoms with Gasteiger partial charge in [0.05, 0.1) is 11.3 Å². The van der Waals surface area contributed by atoms with Crippen LogP contribution in [0.15, 0.2) is 60.8 Å². The average Bonchev–Trinajstić information content (AvgIpc) is 2.78. The minimum Gasteiger partial charge on any atom is -0.456 e. The van der Waals surface area contributed by atoms with Crippen molar-refractivity contribution in [2.75, 3.05) is 11.9 Å². The second kappa shape index (κ2) is 10.2. The highest BCUT2D eigenvalue weighted by Crippen LogP contribution is 2.34. The van der Waals surface area contributed by atoms with Crippen molar-refractivity contribution in [3.63, 3.8) is 0 Å². The Balaban J connectivity index is 1.86. The number of halogens is 3. The molecular formula is C24H21F3N2O4. The maximum atomic E-state index is 12.9. The Hall–Kier alpha value is -3.88. The first-order chi connectivity index (χ1) is 15.7. The number of hydrogen-bond acceptors (Lipinski definition) is 5. The molecule has 0 saturated heterocycles. The van der Waals surface area contributed by atoms with Crippen molar-refractivity contribution in [1.82, 2.24) is 4.98 Å². The van der Waals surface area contributed by atoms with Crippen LogP contribution in [0.3, 0.4) is 0 Å². The molecule has 0 atom stereocenters. The number of benzene rings is 2. The Morgan fingerprint density at radius 2 is 1.76 bits per heavy atom. The lowest BCUT2D eigenvalue weighted by Gasteiger charge is -2.14. The molecule has 0 aliphatic carbocycles. The highest BCUT2D eigenvalue weighted by Gasteiger charge is 2.30. The molecule has 1 aromatic heterocycles. The minimum absolute atomic E-state index is 0.198.